The molecule has 0 aliphatic rings. The van der Waals surface area contributed by atoms with Gasteiger partial charge in [-0.25, -0.2) is 0 Å². The number of aliphatic carboxylic acids is 1. The first-order valence-electron chi connectivity index (χ1n) is 5.74. The summed E-state index contributed by atoms with van der Waals surface area (Å²) in [6.07, 6.45) is 1.53. The van der Waals surface area contributed by atoms with Crippen molar-refractivity contribution < 1.29 is 14.7 Å². The van der Waals surface area contributed by atoms with E-state index in [-0.39, 0.29) is 18.9 Å². The molecule has 0 atom stereocenters. The molecule has 1 N–H and O–H groups in total. The molecule has 0 aromatic heterocycles. The Bertz CT molecular complexity index is 454. The van der Waals surface area contributed by atoms with E-state index in [0.717, 1.165) is 5.56 Å². The minimum atomic E-state index is -0.915. The van der Waals surface area contributed by atoms with Crippen LogP contribution < -0.4 is 0 Å². The highest BCUT2D eigenvalue weighted by Gasteiger charge is 2.16. The van der Waals surface area contributed by atoms with Crippen molar-refractivity contribution >= 4 is 11.9 Å². The Morgan fingerprint density at radius 1 is 1.39 bits per heavy atom. The molecule has 0 heterocycles. The van der Waals surface area contributed by atoms with Crippen molar-refractivity contribution in [3.63, 3.8) is 0 Å². The standard InChI is InChI=1S/C14H17NO3/c1-3-9-15(10-8-13(16)17)14(18)12-7-5-4-6-11(12)2/h3-7H,1,8-10H2,2H3,(H,16,17). The highest BCUT2D eigenvalue weighted by atomic mass is 16.4. The zero-order valence-corrected chi connectivity index (χ0v) is 10.4. The van der Waals surface area contributed by atoms with Crippen LogP contribution in [0.5, 0.6) is 0 Å². The SMILES string of the molecule is C=CCN(CCC(=O)O)C(=O)c1ccccc1C. The molecule has 0 spiro atoms. The number of amides is 1. The van der Waals surface area contributed by atoms with Gasteiger partial charge in [0.15, 0.2) is 0 Å². The molecule has 0 unspecified atom stereocenters. The van der Waals surface area contributed by atoms with Gasteiger partial charge in [0.25, 0.3) is 5.91 Å². The summed E-state index contributed by atoms with van der Waals surface area (Å²) in [5.41, 5.74) is 1.48. The highest BCUT2D eigenvalue weighted by Crippen LogP contribution is 2.11. The number of aryl methyl sites for hydroxylation is 1. The van der Waals surface area contributed by atoms with Crippen molar-refractivity contribution in [2.24, 2.45) is 0 Å². The van der Waals surface area contributed by atoms with E-state index in [4.69, 9.17) is 5.11 Å². The molecule has 1 amide bonds. The predicted molar refractivity (Wildman–Crippen MR) is 69.5 cm³/mol. The highest BCUT2D eigenvalue weighted by molar-refractivity contribution is 5.95. The molecule has 0 aliphatic heterocycles. The van der Waals surface area contributed by atoms with Gasteiger partial charge in [0.05, 0.1) is 6.42 Å². The van der Waals surface area contributed by atoms with Crippen molar-refractivity contribution in [2.75, 3.05) is 13.1 Å². The van der Waals surface area contributed by atoms with E-state index < -0.39 is 5.97 Å². The van der Waals surface area contributed by atoms with Gasteiger partial charge in [0.2, 0.25) is 0 Å². The molecule has 0 saturated heterocycles. The maximum absolute atomic E-state index is 12.3. The average molecular weight is 247 g/mol. The first-order chi connectivity index (χ1) is 8.56. The minimum Gasteiger partial charge on any atom is -0.481 e. The third kappa shape index (κ3) is 3.73. The van der Waals surface area contributed by atoms with E-state index in [1.807, 2.05) is 19.1 Å². The summed E-state index contributed by atoms with van der Waals surface area (Å²) in [6.45, 7) is 5.98. The van der Waals surface area contributed by atoms with Crippen LogP contribution in [-0.4, -0.2) is 35.0 Å². The van der Waals surface area contributed by atoms with E-state index in [1.54, 1.807) is 18.2 Å². The normalized spacial score (nSPS) is 9.83. The van der Waals surface area contributed by atoms with Crippen LogP contribution in [0.15, 0.2) is 36.9 Å². The third-order valence-electron chi connectivity index (χ3n) is 2.61. The first-order valence-corrected chi connectivity index (χ1v) is 5.74. The van der Waals surface area contributed by atoms with Crippen molar-refractivity contribution in [3.8, 4) is 0 Å². The van der Waals surface area contributed by atoms with Crippen LogP contribution in [0.3, 0.4) is 0 Å². The summed E-state index contributed by atoms with van der Waals surface area (Å²) < 4.78 is 0. The molecule has 0 bridgehead atoms. The fourth-order valence-corrected chi connectivity index (χ4v) is 1.65. The lowest BCUT2D eigenvalue weighted by molar-refractivity contribution is -0.137. The van der Waals surface area contributed by atoms with E-state index >= 15 is 0 Å². The third-order valence-corrected chi connectivity index (χ3v) is 2.61. The number of carbonyl (C=O) groups excluding carboxylic acids is 1. The number of carboxylic acid groups (broad SMARTS) is 1. The van der Waals surface area contributed by atoms with E-state index in [1.165, 1.54) is 4.90 Å². The van der Waals surface area contributed by atoms with Gasteiger partial charge < -0.3 is 10.0 Å². The molecule has 4 heteroatoms. The van der Waals surface area contributed by atoms with Gasteiger partial charge in [-0.05, 0) is 18.6 Å². The largest absolute Gasteiger partial charge is 0.481 e. The Balaban J connectivity index is 2.85. The number of benzene rings is 1. The number of hydrogen-bond acceptors (Lipinski definition) is 2. The smallest absolute Gasteiger partial charge is 0.305 e. The molecule has 0 aliphatic carbocycles. The lowest BCUT2D eigenvalue weighted by Crippen LogP contribution is -2.33. The van der Waals surface area contributed by atoms with Gasteiger partial charge in [-0.2, -0.15) is 0 Å². The number of hydrogen-bond donors (Lipinski definition) is 1. The van der Waals surface area contributed by atoms with E-state index in [0.29, 0.717) is 12.1 Å². The fraction of sp³-hybridized carbons (Fsp3) is 0.286. The Morgan fingerprint density at radius 2 is 2.06 bits per heavy atom. The zero-order valence-electron chi connectivity index (χ0n) is 10.4. The molecule has 0 fully saturated rings. The Hall–Kier alpha value is -2.10. The molecule has 0 radical (unpaired) electrons. The number of rotatable bonds is 6. The fourth-order valence-electron chi connectivity index (χ4n) is 1.65. The minimum absolute atomic E-state index is 0.0640. The molecule has 0 saturated carbocycles. The molecular weight excluding hydrogens is 230 g/mol. The Kier molecular flexibility index (Phi) is 5.11. The quantitative estimate of drug-likeness (QED) is 0.783. The molecule has 1 aromatic carbocycles. The second-order valence-corrected chi connectivity index (χ2v) is 4.00. The van der Waals surface area contributed by atoms with Gasteiger partial charge in [0, 0.05) is 18.7 Å². The summed E-state index contributed by atoms with van der Waals surface area (Å²) in [4.78, 5) is 24.3. The first kappa shape index (κ1) is 14.0. The van der Waals surface area contributed by atoms with Gasteiger partial charge >= 0.3 is 5.97 Å². The Morgan fingerprint density at radius 3 is 2.61 bits per heavy atom. The van der Waals surface area contributed by atoms with Gasteiger partial charge in [-0.15, -0.1) is 6.58 Å². The predicted octanol–water partition coefficient (Wildman–Crippen LogP) is 2.10. The number of nitrogens with zero attached hydrogens (tertiary/aromatic N) is 1. The summed E-state index contributed by atoms with van der Waals surface area (Å²) in [6, 6.07) is 7.26. The van der Waals surface area contributed by atoms with Gasteiger partial charge in [0.1, 0.15) is 0 Å². The summed E-state index contributed by atoms with van der Waals surface area (Å²) >= 11 is 0. The maximum Gasteiger partial charge on any atom is 0.305 e. The summed E-state index contributed by atoms with van der Waals surface area (Å²) in [5, 5.41) is 8.67. The average Bonchev–Trinajstić information content (AvgIpc) is 2.34. The molecule has 1 aromatic rings. The molecule has 96 valence electrons. The van der Waals surface area contributed by atoms with E-state index in [2.05, 4.69) is 6.58 Å². The van der Waals surface area contributed by atoms with Crippen LogP contribution in [0.1, 0.15) is 22.3 Å². The second kappa shape index (κ2) is 6.59. The zero-order chi connectivity index (χ0) is 13.5. The molecule has 1 rings (SSSR count). The van der Waals surface area contributed by atoms with Gasteiger partial charge in [-0.1, -0.05) is 24.3 Å². The summed E-state index contributed by atoms with van der Waals surface area (Å²) in [7, 11) is 0. The van der Waals surface area contributed by atoms with Crippen LogP contribution in [0.4, 0.5) is 0 Å². The van der Waals surface area contributed by atoms with Crippen molar-refractivity contribution in [1.29, 1.82) is 0 Å². The summed E-state index contributed by atoms with van der Waals surface area (Å²) in [5.74, 6) is -1.07. The molecular formula is C14H17NO3. The van der Waals surface area contributed by atoms with Crippen LogP contribution in [0, 0.1) is 6.92 Å². The van der Waals surface area contributed by atoms with Crippen molar-refractivity contribution in [1.82, 2.24) is 4.90 Å². The second-order valence-electron chi connectivity index (χ2n) is 4.00. The van der Waals surface area contributed by atoms with Crippen molar-refractivity contribution in [3.05, 3.63) is 48.0 Å². The Labute approximate surface area is 107 Å². The topological polar surface area (TPSA) is 57.6 Å². The monoisotopic (exact) mass is 247 g/mol. The number of carboxylic acids is 1. The van der Waals surface area contributed by atoms with Gasteiger partial charge in [-0.3, -0.25) is 9.59 Å². The maximum atomic E-state index is 12.3. The molecule has 18 heavy (non-hydrogen) atoms. The lowest BCUT2D eigenvalue weighted by Gasteiger charge is -2.21. The van der Waals surface area contributed by atoms with E-state index in [9.17, 15) is 9.59 Å². The van der Waals surface area contributed by atoms with Crippen molar-refractivity contribution in [2.45, 2.75) is 13.3 Å². The van der Waals surface area contributed by atoms with Crippen LogP contribution in [0.25, 0.3) is 0 Å². The van der Waals surface area contributed by atoms with Crippen LogP contribution in [0.2, 0.25) is 0 Å². The van der Waals surface area contributed by atoms with Crippen LogP contribution in [-0.2, 0) is 4.79 Å². The van der Waals surface area contributed by atoms with Crippen LogP contribution >= 0.6 is 0 Å². The number of carbonyl (C=O) groups is 2. The lowest BCUT2D eigenvalue weighted by atomic mass is 10.1. The molecule has 4 nitrogen and oxygen atoms in total.